The minimum Gasteiger partial charge on any atom is -0.166 e. The number of hydrogen-bond donors (Lipinski definition) is 0. The molecule has 0 saturated carbocycles. The first-order valence-electron chi connectivity index (χ1n) is 3.62. The molecule has 0 aromatic heterocycles. The molecule has 0 amide bonds. The zero-order chi connectivity index (χ0) is 9.19. The van der Waals surface area contributed by atoms with Crippen LogP contribution in [-0.2, 0) is 0 Å². The monoisotopic (exact) mass is 174 g/mol. The molecular weight excluding hydrogens is 165 g/mol. The van der Waals surface area contributed by atoms with Crippen molar-refractivity contribution in [1.82, 2.24) is 0 Å². The molecule has 12 heavy (non-hydrogen) atoms. The Hall–Kier alpha value is -0.990. The van der Waals surface area contributed by atoms with Gasteiger partial charge in [-0.1, -0.05) is 24.3 Å². The first-order chi connectivity index (χ1) is 5.54. The number of rotatable bonds is 1. The first kappa shape index (κ1) is 9.10. The van der Waals surface area contributed by atoms with E-state index in [1.165, 1.54) is 18.2 Å². The predicted octanol–water partition coefficient (Wildman–Crippen LogP) is 3.24. The summed E-state index contributed by atoms with van der Waals surface area (Å²) in [5.74, 6) is -0.174. The molecule has 0 radical (unpaired) electrons. The summed E-state index contributed by atoms with van der Waals surface area (Å²) in [5, 5.41) is 0. The van der Waals surface area contributed by atoms with Crippen LogP contribution in [0.15, 0.2) is 36.5 Å². The molecular formula is C9H9F3. The van der Waals surface area contributed by atoms with Gasteiger partial charge in [0.2, 0.25) is 0 Å². The number of alkyl halides is 3. The van der Waals surface area contributed by atoms with E-state index in [2.05, 4.69) is 6.58 Å². The summed E-state index contributed by atoms with van der Waals surface area (Å²) >= 11 is 0. The van der Waals surface area contributed by atoms with Gasteiger partial charge < -0.3 is 0 Å². The molecule has 0 aromatic rings. The summed E-state index contributed by atoms with van der Waals surface area (Å²) in [6, 6.07) is 0. The minimum atomic E-state index is -4.22. The number of hydrogen-bond acceptors (Lipinski definition) is 0. The molecule has 3 heteroatoms. The van der Waals surface area contributed by atoms with Gasteiger partial charge in [-0.15, -0.1) is 6.58 Å². The Morgan fingerprint density at radius 2 is 2.17 bits per heavy atom. The topological polar surface area (TPSA) is 0 Å². The van der Waals surface area contributed by atoms with E-state index in [-0.39, 0.29) is 5.92 Å². The molecule has 1 aliphatic rings. The van der Waals surface area contributed by atoms with Crippen molar-refractivity contribution < 1.29 is 13.2 Å². The molecule has 0 aromatic carbocycles. The van der Waals surface area contributed by atoms with Crippen LogP contribution in [-0.4, -0.2) is 6.18 Å². The van der Waals surface area contributed by atoms with Crippen molar-refractivity contribution in [3.8, 4) is 0 Å². The van der Waals surface area contributed by atoms with E-state index in [0.29, 0.717) is 6.42 Å². The van der Waals surface area contributed by atoms with E-state index >= 15 is 0 Å². The zero-order valence-corrected chi connectivity index (χ0v) is 6.43. The third kappa shape index (κ3) is 2.00. The van der Waals surface area contributed by atoms with Crippen molar-refractivity contribution in [3.63, 3.8) is 0 Å². The normalized spacial score (nSPS) is 23.6. The summed E-state index contributed by atoms with van der Waals surface area (Å²) < 4.78 is 36.3. The Kier molecular flexibility index (Phi) is 2.40. The standard InChI is InChI=1S/C9H9F3/c1-2-7-4-3-5-8(6-7)9(10,11)12/h2-3,5-7H,1,4H2. The lowest BCUT2D eigenvalue weighted by Crippen LogP contribution is -2.13. The molecule has 0 N–H and O–H groups in total. The third-order valence-electron chi connectivity index (χ3n) is 1.73. The second-order valence-corrected chi connectivity index (χ2v) is 2.66. The summed E-state index contributed by atoms with van der Waals surface area (Å²) in [6.45, 7) is 3.46. The highest BCUT2D eigenvalue weighted by Gasteiger charge is 2.32. The van der Waals surface area contributed by atoms with Crippen LogP contribution in [0.5, 0.6) is 0 Å². The van der Waals surface area contributed by atoms with Crippen LogP contribution in [0.3, 0.4) is 0 Å². The molecule has 0 bridgehead atoms. The van der Waals surface area contributed by atoms with Gasteiger partial charge >= 0.3 is 6.18 Å². The van der Waals surface area contributed by atoms with Crippen LogP contribution in [0.2, 0.25) is 0 Å². The van der Waals surface area contributed by atoms with Gasteiger partial charge in [-0.2, -0.15) is 13.2 Å². The van der Waals surface area contributed by atoms with Crippen LogP contribution in [0.4, 0.5) is 13.2 Å². The van der Waals surface area contributed by atoms with Crippen molar-refractivity contribution in [3.05, 3.63) is 36.5 Å². The lowest BCUT2D eigenvalue weighted by molar-refractivity contribution is -0.0888. The minimum absolute atomic E-state index is 0.174. The van der Waals surface area contributed by atoms with Crippen molar-refractivity contribution in [2.75, 3.05) is 0 Å². The molecule has 1 aliphatic carbocycles. The fourth-order valence-electron chi connectivity index (χ4n) is 1.06. The second kappa shape index (κ2) is 3.17. The smallest absolute Gasteiger partial charge is 0.166 e. The summed E-state index contributed by atoms with van der Waals surface area (Å²) in [4.78, 5) is 0. The Morgan fingerprint density at radius 1 is 1.50 bits per heavy atom. The second-order valence-electron chi connectivity index (χ2n) is 2.66. The Labute approximate surface area is 69.1 Å². The lowest BCUT2D eigenvalue weighted by atomic mass is 9.96. The van der Waals surface area contributed by atoms with Crippen LogP contribution >= 0.6 is 0 Å². The van der Waals surface area contributed by atoms with Crippen molar-refractivity contribution >= 4 is 0 Å². The Morgan fingerprint density at radius 3 is 2.67 bits per heavy atom. The van der Waals surface area contributed by atoms with E-state index < -0.39 is 11.7 Å². The van der Waals surface area contributed by atoms with Gasteiger partial charge in [0.25, 0.3) is 0 Å². The Bertz CT molecular complexity index is 233. The highest BCUT2D eigenvalue weighted by Crippen LogP contribution is 2.31. The summed E-state index contributed by atoms with van der Waals surface area (Å²) in [7, 11) is 0. The lowest BCUT2D eigenvalue weighted by Gasteiger charge is -2.14. The van der Waals surface area contributed by atoms with E-state index in [0.717, 1.165) is 6.08 Å². The fourth-order valence-corrected chi connectivity index (χ4v) is 1.06. The maximum Gasteiger partial charge on any atom is 0.416 e. The highest BCUT2D eigenvalue weighted by molar-refractivity contribution is 5.29. The molecule has 1 unspecified atom stereocenters. The van der Waals surface area contributed by atoms with E-state index in [1.807, 2.05) is 0 Å². The van der Waals surface area contributed by atoms with Gasteiger partial charge in [-0.3, -0.25) is 0 Å². The van der Waals surface area contributed by atoms with Gasteiger partial charge in [-0.25, -0.2) is 0 Å². The molecule has 0 aliphatic heterocycles. The molecule has 0 spiro atoms. The average Bonchev–Trinajstić information content (AvgIpc) is 2.03. The van der Waals surface area contributed by atoms with Gasteiger partial charge in [-0.05, 0) is 12.3 Å². The molecule has 0 nitrogen and oxygen atoms in total. The van der Waals surface area contributed by atoms with Crippen LogP contribution in [0.1, 0.15) is 6.42 Å². The van der Waals surface area contributed by atoms with Crippen molar-refractivity contribution in [1.29, 1.82) is 0 Å². The Balaban J connectivity index is 2.84. The average molecular weight is 174 g/mol. The third-order valence-corrected chi connectivity index (χ3v) is 1.73. The molecule has 1 atom stereocenters. The summed E-state index contributed by atoms with van der Waals surface area (Å²) in [5.41, 5.74) is -0.571. The summed E-state index contributed by atoms with van der Waals surface area (Å²) in [6.07, 6.45) is 1.75. The van der Waals surface area contributed by atoms with Gasteiger partial charge in [0, 0.05) is 0 Å². The maximum atomic E-state index is 12.1. The van der Waals surface area contributed by atoms with Crippen molar-refractivity contribution in [2.24, 2.45) is 5.92 Å². The van der Waals surface area contributed by atoms with E-state index in [1.54, 1.807) is 0 Å². The van der Waals surface area contributed by atoms with Crippen LogP contribution in [0.25, 0.3) is 0 Å². The SMILES string of the molecule is C=CC1C=C(C(F)(F)F)C=CC1. The van der Waals surface area contributed by atoms with E-state index in [9.17, 15) is 13.2 Å². The largest absolute Gasteiger partial charge is 0.416 e. The van der Waals surface area contributed by atoms with Crippen molar-refractivity contribution in [2.45, 2.75) is 12.6 Å². The molecule has 66 valence electrons. The highest BCUT2D eigenvalue weighted by atomic mass is 19.4. The molecule has 0 fully saturated rings. The van der Waals surface area contributed by atoms with Gasteiger partial charge in [0.1, 0.15) is 0 Å². The number of allylic oxidation sites excluding steroid dienone is 5. The predicted molar refractivity (Wildman–Crippen MR) is 41.6 cm³/mol. The quantitative estimate of drug-likeness (QED) is 0.535. The number of halogens is 3. The van der Waals surface area contributed by atoms with Gasteiger partial charge in [0.05, 0.1) is 5.57 Å². The zero-order valence-electron chi connectivity index (χ0n) is 6.43. The molecule has 0 saturated heterocycles. The van der Waals surface area contributed by atoms with Crippen LogP contribution in [0, 0.1) is 5.92 Å². The van der Waals surface area contributed by atoms with Gasteiger partial charge in [0.15, 0.2) is 0 Å². The first-order valence-corrected chi connectivity index (χ1v) is 3.62. The maximum absolute atomic E-state index is 12.1. The molecule has 0 heterocycles. The van der Waals surface area contributed by atoms with Crippen LogP contribution < -0.4 is 0 Å². The fraction of sp³-hybridized carbons (Fsp3) is 0.333. The van der Waals surface area contributed by atoms with E-state index in [4.69, 9.17) is 0 Å². The molecule has 1 rings (SSSR count).